The molecule has 4 heterocycles. The van der Waals surface area contributed by atoms with Crippen LogP contribution in [0.2, 0.25) is 0 Å². The van der Waals surface area contributed by atoms with Gasteiger partial charge in [0.1, 0.15) is 6.54 Å². The van der Waals surface area contributed by atoms with Crippen molar-refractivity contribution in [2.45, 2.75) is 32.5 Å². The predicted octanol–water partition coefficient (Wildman–Crippen LogP) is 2.90. The molecular formula is C28H29F3N10O2. The fourth-order valence-corrected chi connectivity index (χ4v) is 4.97. The van der Waals surface area contributed by atoms with E-state index in [2.05, 4.69) is 36.3 Å². The van der Waals surface area contributed by atoms with Gasteiger partial charge in [0.25, 0.3) is 5.91 Å². The molecule has 4 aromatic rings. The Morgan fingerprint density at radius 2 is 2.07 bits per heavy atom. The van der Waals surface area contributed by atoms with E-state index >= 15 is 0 Å². The Hall–Kier alpha value is -4.97. The van der Waals surface area contributed by atoms with Gasteiger partial charge < -0.3 is 21.3 Å². The lowest BCUT2D eigenvalue weighted by molar-refractivity contribution is -0.141. The summed E-state index contributed by atoms with van der Waals surface area (Å²) in [7, 11) is 0. The summed E-state index contributed by atoms with van der Waals surface area (Å²) in [4.78, 5) is 33.7. The van der Waals surface area contributed by atoms with Gasteiger partial charge in [-0.1, -0.05) is 6.92 Å². The van der Waals surface area contributed by atoms with Crippen LogP contribution in [0.4, 0.5) is 24.7 Å². The highest BCUT2D eigenvalue weighted by Crippen LogP contribution is 2.37. The van der Waals surface area contributed by atoms with Gasteiger partial charge in [-0.05, 0) is 55.6 Å². The number of rotatable bonds is 10. The van der Waals surface area contributed by atoms with Crippen LogP contribution in [-0.2, 0) is 23.9 Å². The van der Waals surface area contributed by atoms with E-state index in [0.717, 1.165) is 36.0 Å². The third-order valence-electron chi connectivity index (χ3n) is 7.12. The molecule has 1 unspecified atom stereocenters. The highest BCUT2D eigenvalue weighted by molar-refractivity contribution is 5.98. The minimum absolute atomic E-state index is 0.127. The Morgan fingerprint density at radius 1 is 1.23 bits per heavy atom. The van der Waals surface area contributed by atoms with Gasteiger partial charge in [0, 0.05) is 36.4 Å². The quantitative estimate of drug-likeness (QED) is 0.219. The number of benzene rings is 1. The summed E-state index contributed by atoms with van der Waals surface area (Å²) in [6, 6.07) is 6.86. The number of nitrogens with one attached hydrogen (secondary N) is 4. The first kappa shape index (κ1) is 29.5. The largest absolute Gasteiger partial charge is 0.435 e. The summed E-state index contributed by atoms with van der Waals surface area (Å²) in [5.41, 5.74) is 0.764. The Labute approximate surface area is 244 Å². The van der Waals surface area contributed by atoms with E-state index in [4.69, 9.17) is 5.26 Å². The molecule has 1 aromatic carbocycles. The molecule has 1 aliphatic rings. The lowest BCUT2D eigenvalue weighted by Gasteiger charge is -2.13. The van der Waals surface area contributed by atoms with Crippen molar-refractivity contribution in [1.29, 1.82) is 5.26 Å². The molecule has 3 aromatic heterocycles. The van der Waals surface area contributed by atoms with E-state index in [1.165, 1.54) is 23.0 Å². The second-order valence-electron chi connectivity index (χ2n) is 10.1. The fraction of sp³-hybridized carbons (Fsp3) is 0.357. The van der Waals surface area contributed by atoms with E-state index in [1.807, 2.05) is 6.92 Å². The van der Waals surface area contributed by atoms with Gasteiger partial charge in [-0.2, -0.15) is 23.5 Å². The number of aryl methyl sites for hydroxylation is 1. The number of nitrogens with zero attached hydrogens (tertiary/aromatic N) is 6. The second kappa shape index (κ2) is 12.5. The molecule has 0 spiro atoms. The maximum absolute atomic E-state index is 13.7. The first-order chi connectivity index (χ1) is 20.7. The lowest BCUT2D eigenvalue weighted by atomic mass is 10.0. The summed E-state index contributed by atoms with van der Waals surface area (Å²) >= 11 is 0. The second-order valence-corrected chi connectivity index (χ2v) is 10.1. The third-order valence-corrected chi connectivity index (χ3v) is 7.12. The highest BCUT2D eigenvalue weighted by atomic mass is 19.4. The Morgan fingerprint density at radius 3 is 2.79 bits per heavy atom. The van der Waals surface area contributed by atoms with Crippen LogP contribution >= 0.6 is 0 Å². The summed E-state index contributed by atoms with van der Waals surface area (Å²) in [6.07, 6.45) is 2.15. The van der Waals surface area contributed by atoms with Crippen LogP contribution < -0.4 is 21.3 Å². The number of alkyl halides is 3. The minimum atomic E-state index is -4.74. The van der Waals surface area contributed by atoms with Crippen molar-refractivity contribution in [3.05, 3.63) is 59.8 Å². The van der Waals surface area contributed by atoms with Crippen LogP contribution in [0.5, 0.6) is 0 Å². The summed E-state index contributed by atoms with van der Waals surface area (Å²) in [6.45, 7) is 3.79. The molecule has 2 amide bonds. The van der Waals surface area contributed by atoms with Gasteiger partial charge in [-0.3, -0.25) is 18.7 Å². The number of hydrogen-bond donors (Lipinski definition) is 4. The van der Waals surface area contributed by atoms with Crippen LogP contribution in [0.1, 0.15) is 35.0 Å². The van der Waals surface area contributed by atoms with Crippen molar-refractivity contribution in [3.63, 3.8) is 0 Å². The number of imidazole rings is 1. The molecule has 0 radical (unpaired) electrons. The van der Waals surface area contributed by atoms with Gasteiger partial charge >= 0.3 is 6.18 Å². The molecule has 1 aliphatic heterocycles. The Balaban J connectivity index is 1.32. The van der Waals surface area contributed by atoms with Crippen molar-refractivity contribution in [2.75, 3.05) is 31.5 Å². The molecule has 0 aliphatic carbocycles. The van der Waals surface area contributed by atoms with Gasteiger partial charge in [0.15, 0.2) is 17.2 Å². The number of carbonyl (C=O) groups is 2. The number of halogens is 3. The van der Waals surface area contributed by atoms with Crippen molar-refractivity contribution >= 4 is 29.0 Å². The summed E-state index contributed by atoms with van der Waals surface area (Å²) in [5.74, 6) is 0.0393. The molecule has 4 N–H and O–H groups in total. The average Bonchev–Trinajstić information content (AvgIpc) is 3.75. The Bertz CT molecular complexity index is 1680. The van der Waals surface area contributed by atoms with Crippen LogP contribution in [0.3, 0.4) is 0 Å². The number of fused-ring (bicyclic) bond motifs is 1. The van der Waals surface area contributed by atoms with E-state index < -0.39 is 11.9 Å². The monoisotopic (exact) mass is 594 g/mol. The number of hydrogen-bond acceptors (Lipinski definition) is 8. The van der Waals surface area contributed by atoms with E-state index in [9.17, 15) is 22.8 Å². The molecule has 12 nitrogen and oxygen atoms in total. The minimum Gasteiger partial charge on any atom is -0.354 e. The van der Waals surface area contributed by atoms with Crippen molar-refractivity contribution in [2.24, 2.45) is 5.92 Å². The topological polar surface area (TPSA) is 154 Å². The predicted molar refractivity (Wildman–Crippen MR) is 150 cm³/mol. The molecule has 1 atom stereocenters. The SMILES string of the molecule is CCc1cc(Nc2nccn3c(-c4cn(CC#N)nc4C(F)(F)F)cnc23)ccc1C(=O)NCC(=O)NCC1CCNC1. The zero-order valence-electron chi connectivity index (χ0n) is 23.2. The molecule has 0 saturated carbocycles. The maximum atomic E-state index is 13.7. The molecule has 43 heavy (non-hydrogen) atoms. The Kier molecular flexibility index (Phi) is 8.58. The number of nitriles is 1. The molecule has 0 bridgehead atoms. The first-order valence-corrected chi connectivity index (χ1v) is 13.7. The molecule has 224 valence electrons. The van der Waals surface area contributed by atoms with Crippen molar-refractivity contribution < 1.29 is 22.8 Å². The van der Waals surface area contributed by atoms with Gasteiger partial charge in [-0.15, -0.1) is 0 Å². The van der Waals surface area contributed by atoms with Crippen molar-refractivity contribution in [1.82, 2.24) is 40.1 Å². The maximum Gasteiger partial charge on any atom is 0.435 e. The highest BCUT2D eigenvalue weighted by Gasteiger charge is 2.38. The first-order valence-electron chi connectivity index (χ1n) is 13.7. The van der Waals surface area contributed by atoms with E-state index in [1.54, 1.807) is 24.3 Å². The summed E-state index contributed by atoms with van der Waals surface area (Å²) in [5, 5.41) is 24.4. The number of aromatic nitrogens is 5. The van der Waals surface area contributed by atoms with Crippen molar-refractivity contribution in [3.8, 4) is 17.3 Å². The van der Waals surface area contributed by atoms with Gasteiger partial charge in [0.05, 0.1) is 30.1 Å². The zero-order chi connectivity index (χ0) is 30.6. The molecule has 1 fully saturated rings. The van der Waals surface area contributed by atoms with Crippen LogP contribution in [-0.4, -0.2) is 62.1 Å². The van der Waals surface area contributed by atoms with E-state index in [-0.39, 0.29) is 47.6 Å². The molecule has 15 heteroatoms. The average molecular weight is 595 g/mol. The van der Waals surface area contributed by atoms with Crippen LogP contribution in [0, 0.1) is 17.2 Å². The number of carbonyl (C=O) groups excluding carboxylic acids is 2. The molecule has 5 rings (SSSR count). The standard InChI is InChI=1S/C28H29F3N10O2/c1-2-18-11-19(3-4-20(18)27(43)37-15-23(42)35-13-17-5-7-33-12-17)38-25-26-36-14-22(41(26)10-8-34-25)21-16-40(9-6-32)39-24(21)28(29,30)31/h3-4,8,10-11,14,16-17,33H,2,5,7,9,12-13,15H2,1H3,(H,34,38)(H,35,42)(H,37,43). The fourth-order valence-electron chi connectivity index (χ4n) is 4.97. The molecular weight excluding hydrogens is 565 g/mol. The number of anilines is 2. The smallest absolute Gasteiger partial charge is 0.354 e. The van der Waals surface area contributed by atoms with E-state index in [0.29, 0.717) is 30.1 Å². The van der Waals surface area contributed by atoms with Crippen LogP contribution in [0.25, 0.3) is 16.9 Å². The lowest BCUT2D eigenvalue weighted by Crippen LogP contribution is -2.39. The summed E-state index contributed by atoms with van der Waals surface area (Å²) < 4.78 is 43.6. The van der Waals surface area contributed by atoms with Crippen LogP contribution in [0.15, 0.2) is 43.0 Å². The number of amides is 2. The third kappa shape index (κ3) is 6.59. The van der Waals surface area contributed by atoms with Gasteiger partial charge in [0.2, 0.25) is 5.91 Å². The molecule has 1 saturated heterocycles. The van der Waals surface area contributed by atoms with Gasteiger partial charge in [-0.25, -0.2) is 9.97 Å². The normalized spacial score (nSPS) is 14.9. The zero-order valence-corrected chi connectivity index (χ0v) is 23.2.